The van der Waals surface area contributed by atoms with E-state index in [1.807, 2.05) is 18.2 Å². The third-order valence-electron chi connectivity index (χ3n) is 8.19. The molecular weight excluding hydrogens is 592 g/mol. The van der Waals surface area contributed by atoms with Crippen LogP contribution in [0.3, 0.4) is 0 Å². The van der Waals surface area contributed by atoms with Crippen LogP contribution < -0.4 is 10.1 Å². The number of fused-ring (bicyclic) bond motifs is 1. The minimum absolute atomic E-state index is 0.00244. The molecule has 6 rings (SSSR count). The molecule has 2 N–H and O–H groups in total. The van der Waals surface area contributed by atoms with Crippen LogP contribution in [0.4, 0.5) is 4.79 Å². The lowest BCUT2D eigenvalue weighted by molar-refractivity contribution is 0.0548. The standard InChI is InChI=1S/C30H35ClN6O5S/c1-18(2)35-12-8-19(9-13-35)32-30(40)41-29-33-27-22(28(39)36-14-10-21(38)11-15-36)4-3-5-23(27)37(29)17-20-16-24(42-34-20)25-6-7-26(31)43-25/h3-7,16,18-19,21,38H,8-15,17H2,1-2H3,(H,32,40). The molecule has 0 spiro atoms. The Morgan fingerprint density at radius 1 is 1.14 bits per heavy atom. The molecule has 2 aliphatic rings. The predicted molar refractivity (Wildman–Crippen MR) is 164 cm³/mol. The largest absolute Gasteiger partial charge is 0.415 e. The van der Waals surface area contributed by atoms with Crippen molar-refractivity contribution in [1.29, 1.82) is 0 Å². The number of carbonyl (C=O) groups excluding carboxylic acids is 2. The number of hydrogen-bond acceptors (Lipinski definition) is 9. The minimum atomic E-state index is -0.591. The number of nitrogens with zero attached hydrogens (tertiary/aromatic N) is 5. The molecule has 3 aromatic heterocycles. The van der Waals surface area contributed by atoms with Crippen molar-refractivity contribution in [3.05, 3.63) is 52.0 Å². The van der Waals surface area contributed by atoms with Crippen LogP contribution >= 0.6 is 22.9 Å². The Hall–Kier alpha value is -3.45. The van der Waals surface area contributed by atoms with Crippen LogP contribution in [0.25, 0.3) is 21.7 Å². The number of aromatic nitrogens is 3. The second-order valence-electron chi connectivity index (χ2n) is 11.4. The van der Waals surface area contributed by atoms with Crippen molar-refractivity contribution in [2.45, 2.75) is 64.3 Å². The average Bonchev–Trinajstić information content (AvgIpc) is 3.72. The maximum Gasteiger partial charge on any atom is 0.415 e. The number of benzene rings is 1. The number of likely N-dealkylation sites (tertiary alicyclic amines) is 2. The highest BCUT2D eigenvalue weighted by molar-refractivity contribution is 7.19. The number of thiophene rings is 1. The van der Waals surface area contributed by atoms with E-state index in [1.54, 1.807) is 27.7 Å². The summed E-state index contributed by atoms with van der Waals surface area (Å²) in [6.45, 7) is 7.29. The van der Waals surface area contributed by atoms with Crippen molar-refractivity contribution >= 4 is 46.0 Å². The minimum Gasteiger partial charge on any atom is -0.393 e. The van der Waals surface area contributed by atoms with Crippen LogP contribution in [0.5, 0.6) is 6.01 Å². The highest BCUT2D eigenvalue weighted by Crippen LogP contribution is 2.32. The summed E-state index contributed by atoms with van der Waals surface area (Å²) in [5.41, 5.74) is 2.06. The van der Waals surface area contributed by atoms with Gasteiger partial charge < -0.3 is 29.5 Å². The van der Waals surface area contributed by atoms with Gasteiger partial charge in [0, 0.05) is 44.3 Å². The van der Waals surface area contributed by atoms with E-state index in [1.165, 1.54) is 11.3 Å². The van der Waals surface area contributed by atoms with E-state index >= 15 is 0 Å². The van der Waals surface area contributed by atoms with E-state index in [-0.39, 0.29) is 24.5 Å². The van der Waals surface area contributed by atoms with Crippen molar-refractivity contribution in [1.82, 2.24) is 29.8 Å². The van der Waals surface area contributed by atoms with E-state index in [9.17, 15) is 14.7 Å². The first-order valence-electron chi connectivity index (χ1n) is 14.7. The number of amides is 2. The van der Waals surface area contributed by atoms with Gasteiger partial charge in [0.15, 0.2) is 5.76 Å². The van der Waals surface area contributed by atoms with Crippen LogP contribution in [0.2, 0.25) is 4.34 Å². The van der Waals surface area contributed by atoms with Gasteiger partial charge in [0.25, 0.3) is 5.91 Å². The molecule has 0 saturated carbocycles. The van der Waals surface area contributed by atoms with Gasteiger partial charge in [-0.2, -0.15) is 4.98 Å². The molecule has 2 aliphatic heterocycles. The van der Waals surface area contributed by atoms with Gasteiger partial charge in [-0.25, -0.2) is 4.79 Å². The Morgan fingerprint density at radius 2 is 1.91 bits per heavy atom. The summed E-state index contributed by atoms with van der Waals surface area (Å²) in [5, 5.41) is 17.2. The van der Waals surface area contributed by atoms with Gasteiger partial charge in [-0.1, -0.05) is 22.8 Å². The summed E-state index contributed by atoms with van der Waals surface area (Å²) in [6.07, 6.45) is 1.75. The highest BCUT2D eigenvalue weighted by atomic mass is 35.5. The summed E-state index contributed by atoms with van der Waals surface area (Å²) >= 11 is 7.49. The maximum absolute atomic E-state index is 13.6. The quantitative estimate of drug-likeness (QED) is 0.293. The monoisotopic (exact) mass is 626 g/mol. The molecule has 228 valence electrons. The number of rotatable bonds is 7. The molecule has 0 bridgehead atoms. The van der Waals surface area contributed by atoms with Crippen molar-refractivity contribution in [3.8, 4) is 16.6 Å². The van der Waals surface area contributed by atoms with E-state index in [4.69, 9.17) is 20.9 Å². The molecule has 0 unspecified atom stereocenters. The molecule has 0 radical (unpaired) electrons. The molecule has 43 heavy (non-hydrogen) atoms. The number of halogens is 1. The van der Waals surface area contributed by atoms with Crippen LogP contribution in [-0.2, 0) is 6.54 Å². The van der Waals surface area contributed by atoms with Crippen LogP contribution in [-0.4, -0.2) is 86.0 Å². The number of carbonyl (C=O) groups is 2. The second kappa shape index (κ2) is 12.7. The first-order chi connectivity index (χ1) is 20.7. The topological polar surface area (TPSA) is 126 Å². The van der Waals surface area contributed by atoms with Gasteiger partial charge in [0.2, 0.25) is 0 Å². The highest BCUT2D eigenvalue weighted by Gasteiger charge is 2.28. The Morgan fingerprint density at radius 3 is 2.60 bits per heavy atom. The number of imidazole rings is 1. The van der Waals surface area contributed by atoms with Gasteiger partial charge in [0.05, 0.1) is 32.9 Å². The van der Waals surface area contributed by atoms with E-state index < -0.39 is 12.2 Å². The van der Waals surface area contributed by atoms with Gasteiger partial charge in [-0.15, -0.1) is 11.3 Å². The predicted octanol–water partition coefficient (Wildman–Crippen LogP) is 5.01. The average molecular weight is 627 g/mol. The molecule has 5 heterocycles. The second-order valence-corrected chi connectivity index (χ2v) is 13.1. The van der Waals surface area contributed by atoms with Crippen molar-refractivity contribution < 1.29 is 24.0 Å². The van der Waals surface area contributed by atoms with Gasteiger partial charge in [-0.3, -0.25) is 9.36 Å². The van der Waals surface area contributed by atoms with E-state index in [0.717, 1.165) is 30.8 Å². The Kier molecular flexibility index (Phi) is 8.71. The number of aliphatic hydroxyl groups excluding tert-OH is 1. The molecule has 13 heteroatoms. The number of piperidine rings is 2. The third-order valence-corrected chi connectivity index (χ3v) is 9.43. The summed E-state index contributed by atoms with van der Waals surface area (Å²) in [6, 6.07) is 11.4. The zero-order valence-electron chi connectivity index (χ0n) is 24.2. The molecule has 0 aliphatic carbocycles. The molecule has 1 aromatic carbocycles. The molecule has 11 nitrogen and oxygen atoms in total. The fourth-order valence-corrected chi connectivity index (χ4v) is 6.71. The maximum atomic E-state index is 13.6. The molecule has 4 aromatic rings. The number of hydrogen-bond donors (Lipinski definition) is 2. The van der Waals surface area contributed by atoms with Gasteiger partial charge in [0.1, 0.15) is 11.2 Å². The van der Waals surface area contributed by atoms with Crippen molar-refractivity contribution in [3.63, 3.8) is 0 Å². The molecular formula is C30H35ClN6O5S. The Labute approximate surface area is 258 Å². The third kappa shape index (κ3) is 6.57. The number of para-hydroxylation sites is 1. The van der Waals surface area contributed by atoms with Gasteiger partial charge in [-0.05, 0) is 63.8 Å². The number of aliphatic hydroxyl groups is 1. The SMILES string of the molecule is CC(C)N1CCC(NC(=O)Oc2nc3c(C(=O)N4CCC(O)CC4)cccc3n2Cc2cc(-c3ccc(Cl)s3)on2)CC1. The van der Waals surface area contributed by atoms with Crippen LogP contribution in [0, 0.1) is 0 Å². The first kappa shape index (κ1) is 29.6. The molecule has 2 amide bonds. The lowest BCUT2D eigenvalue weighted by Crippen LogP contribution is -2.47. The lowest BCUT2D eigenvalue weighted by Gasteiger charge is -2.34. The van der Waals surface area contributed by atoms with Crippen molar-refractivity contribution in [2.75, 3.05) is 26.2 Å². The zero-order chi connectivity index (χ0) is 30.1. The zero-order valence-corrected chi connectivity index (χ0v) is 25.7. The number of ether oxygens (including phenoxy) is 1. The molecule has 2 saturated heterocycles. The first-order valence-corrected chi connectivity index (χ1v) is 15.8. The molecule has 0 atom stereocenters. The Bertz CT molecular complexity index is 1600. The normalized spacial score (nSPS) is 17.2. The summed E-state index contributed by atoms with van der Waals surface area (Å²) in [4.78, 5) is 36.3. The van der Waals surface area contributed by atoms with E-state index in [2.05, 4.69) is 34.2 Å². The summed E-state index contributed by atoms with van der Waals surface area (Å²) in [5.74, 6) is 0.404. The number of nitrogens with one attached hydrogen (secondary N) is 1. The van der Waals surface area contributed by atoms with Gasteiger partial charge >= 0.3 is 12.1 Å². The van der Waals surface area contributed by atoms with Crippen molar-refractivity contribution in [2.24, 2.45) is 0 Å². The summed E-state index contributed by atoms with van der Waals surface area (Å²) in [7, 11) is 0. The van der Waals surface area contributed by atoms with Crippen LogP contribution in [0.15, 0.2) is 40.9 Å². The lowest BCUT2D eigenvalue weighted by atomic mass is 10.0. The smallest absolute Gasteiger partial charge is 0.393 e. The Balaban J connectivity index is 1.28. The summed E-state index contributed by atoms with van der Waals surface area (Å²) < 4.78 is 13.8. The fourth-order valence-electron chi connectivity index (χ4n) is 5.72. The van der Waals surface area contributed by atoms with Crippen LogP contribution in [0.1, 0.15) is 55.6 Å². The van der Waals surface area contributed by atoms with E-state index in [0.29, 0.717) is 64.4 Å². The fraction of sp³-hybridized carbons (Fsp3) is 0.467. The molecule has 2 fully saturated rings.